The Bertz CT molecular complexity index is 920. The highest BCUT2D eigenvalue weighted by atomic mass is 16.6. The molecule has 1 aromatic carbocycles. The van der Waals surface area contributed by atoms with E-state index in [-0.39, 0.29) is 0 Å². The zero-order chi connectivity index (χ0) is 19.0. The third kappa shape index (κ3) is 3.13. The van der Waals surface area contributed by atoms with Gasteiger partial charge in [0.2, 0.25) is 0 Å². The average Bonchev–Trinajstić information content (AvgIpc) is 3.25. The second-order valence-electron chi connectivity index (χ2n) is 6.31. The molecule has 1 saturated heterocycles. The van der Waals surface area contributed by atoms with Crippen LogP contribution in [-0.4, -0.2) is 59.8 Å². The molecule has 0 aliphatic carbocycles. The van der Waals surface area contributed by atoms with Crippen molar-refractivity contribution in [2.24, 2.45) is 5.73 Å². The monoisotopic (exact) mass is 372 g/mol. The second kappa shape index (κ2) is 7.18. The third-order valence-electron chi connectivity index (χ3n) is 4.60. The van der Waals surface area contributed by atoms with Gasteiger partial charge in [-0.15, -0.1) is 0 Å². The molecule has 142 valence electrons. The number of nitrogens with two attached hydrogens (primary N) is 1. The summed E-state index contributed by atoms with van der Waals surface area (Å²) in [4.78, 5) is 12.7. The van der Waals surface area contributed by atoms with Crippen LogP contribution in [-0.2, 0) is 4.74 Å². The first-order chi connectivity index (χ1) is 13.1. The van der Waals surface area contributed by atoms with E-state index in [4.69, 9.17) is 10.5 Å². The van der Waals surface area contributed by atoms with Crippen LogP contribution in [0, 0.1) is 0 Å². The standard InChI is InChI=1S/C17H20N6O4/c18-14(9-4-2-1-3-5-9)22-15-11-16(20-7-19-15)23(8-21-11)17-13(26)12(25)10(6-24)27-17/h1-5,7-8,10,12-14,17,24-26H,6,18H2,(H,19,20,22)/t10-,12-,13-,14?,17-/m1/s1. The summed E-state index contributed by atoms with van der Waals surface area (Å²) in [5, 5.41) is 32.6. The van der Waals surface area contributed by atoms with Gasteiger partial charge in [-0.05, 0) is 5.56 Å². The molecule has 1 aliphatic rings. The van der Waals surface area contributed by atoms with E-state index in [2.05, 4.69) is 20.3 Å². The molecule has 0 amide bonds. The molecule has 2 aromatic heterocycles. The Morgan fingerprint density at radius 2 is 1.93 bits per heavy atom. The minimum Gasteiger partial charge on any atom is -0.394 e. The molecule has 0 spiro atoms. The fourth-order valence-corrected chi connectivity index (χ4v) is 3.14. The van der Waals surface area contributed by atoms with Gasteiger partial charge in [-0.1, -0.05) is 30.3 Å². The Labute approximate surface area is 154 Å². The summed E-state index contributed by atoms with van der Waals surface area (Å²) in [7, 11) is 0. The van der Waals surface area contributed by atoms with E-state index >= 15 is 0 Å². The number of fused-ring (bicyclic) bond motifs is 1. The first-order valence-corrected chi connectivity index (χ1v) is 8.47. The van der Waals surface area contributed by atoms with Crippen LogP contribution >= 0.6 is 0 Å². The molecule has 3 aromatic rings. The van der Waals surface area contributed by atoms with Crippen molar-refractivity contribution in [3.8, 4) is 0 Å². The van der Waals surface area contributed by atoms with Gasteiger partial charge >= 0.3 is 0 Å². The molecule has 10 heteroatoms. The highest BCUT2D eigenvalue weighted by molar-refractivity contribution is 5.82. The second-order valence-corrected chi connectivity index (χ2v) is 6.31. The van der Waals surface area contributed by atoms with E-state index < -0.39 is 37.3 Å². The fraction of sp³-hybridized carbons (Fsp3) is 0.353. The lowest BCUT2D eigenvalue weighted by atomic mass is 10.1. The van der Waals surface area contributed by atoms with Gasteiger partial charge in [0.25, 0.3) is 0 Å². The number of anilines is 1. The molecule has 4 rings (SSSR count). The number of nitrogens with one attached hydrogen (secondary N) is 1. The lowest BCUT2D eigenvalue weighted by Gasteiger charge is -2.17. The average molecular weight is 372 g/mol. The number of hydrogen-bond donors (Lipinski definition) is 5. The first kappa shape index (κ1) is 17.8. The quantitative estimate of drug-likeness (QED) is 0.373. The number of nitrogens with zero attached hydrogens (tertiary/aromatic N) is 4. The minimum atomic E-state index is -1.22. The number of benzene rings is 1. The van der Waals surface area contributed by atoms with Crippen LogP contribution in [0.25, 0.3) is 11.2 Å². The fourth-order valence-electron chi connectivity index (χ4n) is 3.14. The van der Waals surface area contributed by atoms with Crippen molar-refractivity contribution in [3.05, 3.63) is 48.5 Å². The molecule has 27 heavy (non-hydrogen) atoms. The minimum absolute atomic E-state index is 0.405. The number of aliphatic hydroxyl groups is 3. The maximum Gasteiger partial charge on any atom is 0.167 e. The molecule has 1 unspecified atom stereocenters. The van der Waals surface area contributed by atoms with E-state index in [1.54, 1.807) is 0 Å². The normalized spacial score (nSPS) is 26.4. The molecule has 10 nitrogen and oxygen atoms in total. The highest BCUT2D eigenvalue weighted by Crippen LogP contribution is 2.32. The van der Waals surface area contributed by atoms with Gasteiger partial charge in [-0.25, -0.2) is 15.0 Å². The van der Waals surface area contributed by atoms with Crippen LogP contribution in [0.2, 0.25) is 0 Å². The van der Waals surface area contributed by atoms with Crippen LogP contribution in [0.3, 0.4) is 0 Å². The third-order valence-corrected chi connectivity index (χ3v) is 4.60. The van der Waals surface area contributed by atoms with Gasteiger partial charge in [-0.3, -0.25) is 4.57 Å². The number of ether oxygens (including phenoxy) is 1. The molecule has 6 N–H and O–H groups in total. The first-order valence-electron chi connectivity index (χ1n) is 8.47. The Balaban J connectivity index is 1.64. The number of imidazole rings is 1. The van der Waals surface area contributed by atoms with Crippen LogP contribution in [0.4, 0.5) is 5.82 Å². The van der Waals surface area contributed by atoms with Crippen molar-refractivity contribution < 1.29 is 20.1 Å². The van der Waals surface area contributed by atoms with E-state index in [1.165, 1.54) is 17.2 Å². The number of aliphatic hydroxyl groups excluding tert-OH is 3. The Morgan fingerprint density at radius 1 is 1.15 bits per heavy atom. The Kier molecular flexibility index (Phi) is 4.72. The van der Waals surface area contributed by atoms with Gasteiger partial charge in [0, 0.05) is 0 Å². The van der Waals surface area contributed by atoms with E-state index in [0.29, 0.717) is 17.0 Å². The molecular formula is C17H20N6O4. The summed E-state index contributed by atoms with van der Waals surface area (Å²) in [6.07, 6.45) is -1.94. The summed E-state index contributed by atoms with van der Waals surface area (Å²) in [5.41, 5.74) is 7.92. The molecule has 0 bridgehead atoms. The molecule has 0 radical (unpaired) electrons. The van der Waals surface area contributed by atoms with Gasteiger partial charge in [0.05, 0.1) is 12.9 Å². The zero-order valence-electron chi connectivity index (χ0n) is 14.3. The van der Waals surface area contributed by atoms with Crippen molar-refractivity contribution in [2.75, 3.05) is 11.9 Å². The smallest absolute Gasteiger partial charge is 0.167 e. The van der Waals surface area contributed by atoms with Crippen molar-refractivity contribution >= 4 is 17.0 Å². The number of hydrogen-bond acceptors (Lipinski definition) is 9. The summed E-state index contributed by atoms with van der Waals surface area (Å²) < 4.78 is 7.05. The van der Waals surface area contributed by atoms with Crippen molar-refractivity contribution in [2.45, 2.75) is 30.7 Å². The number of rotatable bonds is 5. The molecular weight excluding hydrogens is 352 g/mol. The lowest BCUT2D eigenvalue weighted by Crippen LogP contribution is -2.33. The van der Waals surface area contributed by atoms with Gasteiger partial charge in [0.1, 0.15) is 30.8 Å². The Hall–Kier alpha value is -2.63. The maximum absolute atomic E-state index is 10.2. The summed E-state index contributed by atoms with van der Waals surface area (Å²) >= 11 is 0. The van der Waals surface area contributed by atoms with Gasteiger partial charge < -0.3 is 31.1 Å². The van der Waals surface area contributed by atoms with Gasteiger partial charge in [-0.2, -0.15) is 0 Å². The maximum atomic E-state index is 10.2. The summed E-state index contributed by atoms with van der Waals surface area (Å²) in [6.45, 7) is -0.408. The topological polar surface area (TPSA) is 152 Å². The SMILES string of the molecule is NC(Nc1ncnc2c1ncn2[C@@H]1O[C@H](CO)[C@@H](O)[C@H]1O)c1ccccc1. The van der Waals surface area contributed by atoms with Crippen molar-refractivity contribution in [1.29, 1.82) is 0 Å². The van der Waals surface area contributed by atoms with E-state index in [9.17, 15) is 15.3 Å². The molecule has 5 atom stereocenters. The highest BCUT2D eigenvalue weighted by Gasteiger charge is 2.44. The molecule has 1 aliphatic heterocycles. The van der Waals surface area contributed by atoms with E-state index in [0.717, 1.165) is 5.56 Å². The largest absolute Gasteiger partial charge is 0.394 e. The zero-order valence-corrected chi connectivity index (χ0v) is 14.3. The van der Waals surface area contributed by atoms with Crippen LogP contribution in [0.5, 0.6) is 0 Å². The summed E-state index contributed by atoms with van der Waals surface area (Å²) in [5.74, 6) is 0.432. The van der Waals surface area contributed by atoms with Crippen LogP contribution < -0.4 is 11.1 Å². The number of aromatic nitrogens is 4. The van der Waals surface area contributed by atoms with Crippen molar-refractivity contribution in [3.63, 3.8) is 0 Å². The lowest BCUT2D eigenvalue weighted by molar-refractivity contribution is -0.0511. The molecule has 0 saturated carbocycles. The molecule has 3 heterocycles. The van der Waals surface area contributed by atoms with Crippen LogP contribution in [0.1, 0.15) is 18.0 Å². The van der Waals surface area contributed by atoms with Gasteiger partial charge in [0.15, 0.2) is 23.2 Å². The van der Waals surface area contributed by atoms with E-state index in [1.807, 2.05) is 30.3 Å². The van der Waals surface area contributed by atoms with Crippen molar-refractivity contribution in [1.82, 2.24) is 19.5 Å². The van der Waals surface area contributed by atoms with Crippen LogP contribution in [0.15, 0.2) is 43.0 Å². The predicted octanol–water partition coefficient (Wildman–Crippen LogP) is -0.493. The summed E-state index contributed by atoms with van der Waals surface area (Å²) in [6, 6.07) is 9.48. The molecule has 1 fully saturated rings. The predicted molar refractivity (Wildman–Crippen MR) is 95.3 cm³/mol. The Morgan fingerprint density at radius 3 is 2.63 bits per heavy atom.